The zero-order chi connectivity index (χ0) is 10.7. The third kappa shape index (κ3) is 2.03. The molecule has 0 bridgehead atoms. The summed E-state index contributed by atoms with van der Waals surface area (Å²) < 4.78 is 29.9. The molecule has 0 atom stereocenters. The van der Waals surface area contributed by atoms with Crippen LogP contribution in [0.4, 0.5) is 13.6 Å². The Labute approximate surface area is 77.3 Å². The van der Waals surface area contributed by atoms with E-state index in [4.69, 9.17) is 0 Å². The average molecular weight is 201 g/mol. The third-order valence-corrected chi connectivity index (χ3v) is 1.39. The minimum absolute atomic E-state index is 0.0265. The lowest BCUT2D eigenvalue weighted by atomic mass is 10.2. The van der Waals surface area contributed by atoms with E-state index in [1.54, 1.807) is 0 Å². The number of aldehydes is 1. The summed E-state index contributed by atoms with van der Waals surface area (Å²) in [5, 5.41) is 0. The van der Waals surface area contributed by atoms with Crippen molar-refractivity contribution in [1.29, 1.82) is 0 Å². The van der Waals surface area contributed by atoms with E-state index in [2.05, 4.69) is 10.5 Å². The number of carbonyl (C=O) groups excluding carboxylic acids is 2. The molecule has 1 rings (SSSR count). The van der Waals surface area contributed by atoms with Gasteiger partial charge in [0.25, 0.3) is 0 Å². The fourth-order valence-electron chi connectivity index (χ4n) is 0.849. The van der Waals surface area contributed by atoms with Gasteiger partial charge in [0.05, 0.1) is 5.56 Å². The number of hydrogen-bond donors (Lipinski definition) is 1. The van der Waals surface area contributed by atoms with Crippen LogP contribution in [-0.2, 0) is 0 Å². The van der Waals surface area contributed by atoms with Crippen molar-refractivity contribution >= 4 is 12.4 Å². The summed E-state index contributed by atoms with van der Waals surface area (Å²) in [6, 6.07) is 1.38. The van der Waals surface area contributed by atoms with Crippen molar-refractivity contribution in [2.24, 2.45) is 5.73 Å². The number of nitrogens with two attached hydrogens (primary N) is 1. The van der Waals surface area contributed by atoms with Crippen molar-refractivity contribution in [3.05, 3.63) is 29.3 Å². The summed E-state index contributed by atoms with van der Waals surface area (Å²) in [5.74, 6) is -2.62. The highest BCUT2D eigenvalue weighted by molar-refractivity contribution is 5.76. The van der Waals surface area contributed by atoms with E-state index in [0.29, 0.717) is 12.1 Å². The fraction of sp³-hybridized carbons (Fsp3) is 0. The molecule has 0 spiro atoms. The third-order valence-electron chi connectivity index (χ3n) is 1.39. The van der Waals surface area contributed by atoms with Crippen molar-refractivity contribution in [3.63, 3.8) is 0 Å². The van der Waals surface area contributed by atoms with Gasteiger partial charge in [0.1, 0.15) is 17.4 Å². The van der Waals surface area contributed by atoms with Crippen LogP contribution in [0.15, 0.2) is 12.1 Å². The standard InChI is InChI=1S/C8H5F2NO3/c9-6-1-4(14-8(11)13)2-7(10)5(6)3-12/h1-3H,(H2,11,13). The zero-order valence-corrected chi connectivity index (χ0v) is 6.79. The molecule has 0 aliphatic carbocycles. The molecule has 0 aliphatic rings. The first kappa shape index (κ1) is 10.1. The topological polar surface area (TPSA) is 69.4 Å². The van der Waals surface area contributed by atoms with Gasteiger partial charge in [-0.2, -0.15) is 0 Å². The van der Waals surface area contributed by atoms with Gasteiger partial charge in [0.2, 0.25) is 0 Å². The number of primary amides is 1. The summed E-state index contributed by atoms with van der Waals surface area (Å²) in [4.78, 5) is 20.4. The first-order valence-electron chi connectivity index (χ1n) is 3.46. The maximum Gasteiger partial charge on any atom is 0.409 e. The Morgan fingerprint density at radius 2 is 1.86 bits per heavy atom. The van der Waals surface area contributed by atoms with Crippen molar-refractivity contribution in [3.8, 4) is 5.75 Å². The number of benzene rings is 1. The maximum atomic E-state index is 12.9. The van der Waals surface area contributed by atoms with Crippen LogP contribution in [0.2, 0.25) is 0 Å². The Morgan fingerprint density at radius 3 is 2.21 bits per heavy atom. The van der Waals surface area contributed by atoms with Crippen LogP contribution in [0, 0.1) is 11.6 Å². The quantitative estimate of drug-likeness (QED) is 0.731. The first-order valence-corrected chi connectivity index (χ1v) is 3.46. The average Bonchev–Trinajstić information content (AvgIpc) is 2.01. The molecule has 0 unspecified atom stereocenters. The number of halogens is 2. The summed E-state index contributed by atoms with van der Waals surface area (Å²) in [5.41, 5.74) is 3.90. The number of amides is 1. The Hall–Kier alpha value is -1.98. The Bertz CT molecular complexity index is 369. The van der Waals surface area contributed by atoms with Gasteiger partial charge in [-0.05, 0) is 0 Å². The maximum absolute atomic E-state index is 12.9. The molecule has 14 heavy (non-hydrogen) atoms. The summed E-state index contributed by atoms with van der Waals surface area (Å²) in [7, 11) is 0. The van der Waals surface area contributed by atoms with Crippen LogP contribution in [0.1, 0.15) is 10.4 Å². The normalized spacial score (nSPS) is 9.57. The second-order valence-corrected chi connectivity index (χ2v) is 2.34. The molecule has 74 valence electrons. The summed E-state index contributed by atoms with van der Waals surface area (Å²) in [6.45, 7) is 0. The molecule has 4 nitrogen and oxygen atoms in total. The molecule has 1 aromatic rings. The van der Waals surface area contributed by atoms with Gasteiger partial charge in [-0.3, -0.25) is 4.79 Å². The van der Waals surface area contributed by atoms with Gasteiger partial charge in [-0.25, -0.2) is 13.6 Å². The highest BCUT2D eigenvalue weighted by Crippen LogP contribution is 2.19. The second-order valence-electron chi connectivity index (χ2n) is 2.34. The molecule has 1 amide bonds. The molecule has 0 aliphatic heterocycles. The van der Waals surface area contributed by atoms with Crippen LogP contribution >= 0.6 is 0 Å². The van der Waals surface area contributed by atoms with Crippen LogP contribution in [0.3, 0.4) is 0 Å². The number of hydrogen-bond acceptors (Lipinski definition) is 3. The van der Waals surface area contributed by atoms with Gasteiger partial charge in [-0.1, -0.05) is 0 Å². The van der Waals surface area contributed by atoms with Gasteiger partial charge in [0.15, 0.2) is 6.29 Å². The fourth-order valence-corrected chi connectivity index (χ4v) is 0.849. The van der Waals surface area contributed by atoms with Gasteiger partial charge >= 0.3 is 6.09 Å². The largest absolute Gasteiger partial charge is 0.410 e. The Morgan fingerprint density at radius 1 is 1.36 bits per heavy atom. The van der Waals surface area contributed by atoms with E-state index in [1.165, 1.54) is 0 Å². The molecular formula is C8H5F2NO3. The summed E-state index contributed by atoms with van der Waals surface area (Å²) in [6.07, 6.45) is -1.17. The van der Waals surface area contributed by atoms with E-state index in [0.717, 1.165) is 0 Å². The zero-order valence-electron chi connectivity index (χ0n) is 6.79. The lowest BCUT2D eigenvalue weighted by Gasteiger charge is -2.02. The molecule has 0 aromatic heterocycles. The van der Waals surface area contributed by atoms with Gasteiger partial charge in [0, 0.05) is 12.1 Å². The predicted octanol–water partition coefficient (Wildman–Crippen LogP) is 1.23. The van der Waals surface area contributed by atoms with Crippen LogP contribution in [0.5, 0.6) is 5.75 Å². The van der Waals surface area contributed by atoms with E-state index in [9.17, 15) is 18.4 Å². The lowest BCUT2D eigenvalue weighted by molar-refractivity contribution is 0.111. The highest BCUT2D eigenvalue weighted by Gasteiger charge is 2.11. The minimum Gasteiger partial charge on any atom is -0.410 e. The van der Waals surface area contributed by atoms with E-state index >= 15 is 0 Å². The van der Waals surface area contributed by atoms with Crippen LogP contribution in [-0.4, -0.2) is 12.4 Å². The second kappa shape index (κ2) is 3.82. The molecule has 0 fully saturated rings. The number of rotatable bonds is 2. The number of carbonyl (C=O) groups is 2. The molecule has 0 saturated heterocycles. The first-order chi connectivity index (χ1) is 6.54. The Balaban J connectivity index is 3.13. The molecular weight excluding hydrogens is 196 g/mol. The van der Waals surface area contributed by atoms with Crippen molar-refractivity contribution in [1.82, 2.24) is 0 Å². The van der Waals surface area contributed by atoms with E-state index in [-0.39, 0.29) is 6.29 Å². The predicted molar refractivity (Wildman–Crippen MR) is 42.0 cm³/mol. The lowest BCUT2D eigenvalue weighted by Crippen LogP contribution is -2.16. The molecule has 0 radical (unpaired) electrons. The monoisotopic (exact) mass is 201 g/mol. The van der Waals surface area contributed by atoms with Crippen LogP contribution < -0.4 is 10.5 Å². The minimum atomic E-state index is -1.19. The van der Waals surface area contributed by atoms with Gasteiger partial charge in [-0.15, -0.1) is 0 Å². The van der Waals surface area contributed by atoms with E-state index < -0.39 is 29.0 Å². The molecule has 0 heterocycles. The highest BCUT2D eigenvalue weighted by atomic mass is 19.1. The van der Waals surface area contributed by atoms with Crippen molar-refractivity contribution in [2.45, 2.75) is 0 Å². The SMILES string of the molecule is NC(=O)Oc1cc(F)c(C=O)c(F)c1. The van der Waals surface area contributed by atoms with Crippen molar-refractivity contribution in [2.75, 3.05) is 0 Å². The van der Waals surface area contributed by atoms with Crippen molar-refractivity contribution < 1.29 is 23.1 Å². The summed E-state index contributed by atoms with van der Waals surface area (Å²) >= 11 is 0. The Kier molecular flexibility index (Phi) is 2.76. The molecule has 0 saturated carbocycles. The van der Waals surface area contributed by atoms with E-state index in [1.807, 2.05) is 0 Å². The number of ether oxygens (including phenoxy) is 1. The smallest absolute Gasteiger partial charge is 0.409 e. The molecule has 2 N–H and O–H groups in total. The molecule has 6 heteroatoms. The van der Waals surface area contributed by atoms with Gasteiger partial charge < -0.3 is 10.5 Å². The van der Waals surface area contributed by atoms with Crippen LogP contribution in [0.25, 0.3) is 0 Å². The molecule has 1 aromatic carbocycles.